The Morgan fingerprint density at radius 1 is 1.29 bits per heavy atom. The highest BCUT2D eigenvalue weighted by Crippen LogP contribution is 2.34. The second kappa shape index (κ2) is 6.67. The fourth-order valence-corrected chi connectivity index (χ4v) is 3.41. The lowest BCUT2D eigenvalue weighted by atomic mass is 9.97. The van der Waals surface area contributed by atoms with E-state index >= 15 is 0 Å². The first-order valence-corrected chi connectivity index (χ1v) is 8.09. The van der Waals surface area contributed by atoms with Gasteiger partial charge in [0.2, 0.25) is 6.79 Å². The summed E-state index contributed by atoms with van der Waals surface area (Å²) in [4.78, 5) is 2.46. The van der Waals surface area contributed by atoms with Crippen LogP contribution in [-0.4, -0.2) is 35.9 Å². The van der Waals surface area contributed by atoms with E-state index in [9.17, 15) is 5.11 Å². The maximum atomic E-state index is 10.6. The fraction of sp³-hybridized carbons (Fsp3) is 0.647. The molecule has 1 fully saturated rings. The molecule has 116 valence electrons. The summed E-state index contributed by atoms with van der Waals surface area (Å²) < 4.78 is 10.7. The molecule has 0 spiro atoms. The van der Waals surface area contributed by atoms with E-state index < -0.39 is 6.10 Å². The molecule has 4 nitrogen and oxygen atoms in total. The quantitative estimate of drug-likeness (QED) is 0.905. The summed E-state index contributed by atoms with van der Waals surface area (Å²) in [6.07, 6.45) is 5.81. The van der Waals surface area contributed by atoms with Crippen molar-refractivity contribution in [1.82, 2.24) is 4.90 Å². The van der Waals surface area contributed by atoms with Crippen molar-refractivity contribution in [2.75, 3.05) is 19.9 Å². The van der Waals surface area contributed by atoms with Crippen molar-refractivity contribution in [2.24, 2.45) is 0 Å². The van der Waals surface area contributed by atoms with Gasteiger partial charge in [-0.1, -0.05) is 25.8 Å². The van der Waals surface area contributed by atoms with Gasteiger partial charge in [0.25, 0.3) is 0 Å². The normalized spacial score (nSPS) is 23.2. The van der Waals surface area contributed by atoms with Gasteiger partial charge in [-0.25, -0.2) is 0 Å². The Bertz CT molecular complexity index is 475. The Labute approximate surface area is 126 Å². The van der Waals surface area contributed by atoms with Gasteiger partial charge < -0.3 is 14.6 Å². The van der Waals surface area contributed by atoms with Gasteiger partial charge in [-0.2, -0.15) is 0 Å². The van der Waals surface area contributed by atoms with Gasteiger partial charge in [-0.3, -0.25) is 4.90 Å². The minimum Gasteiger partial charge on any atom is -0.454 e. The van der Waals surface area contributed by atoms with E-state index in [0.29, 0.717) is 12.6 Å². The summed E-state index contributed by atoms with van der Waals surface area (Å²) >= 11 is 0. The highest BCUT2D eigenvalue weighted by molar-refractivity contribution is 5.45. The number of β-amino-alcohol motifs (C(OH)–C–C–N with tert-alkyl or cyclic N) is 1. The Morgan fingerprint density at radius 2 is 2.14 bits per heavy atom. The van der Waals surface area contributed by atoms with Gasteiger partial charge in [0.15, 0.2) is 11.5 Å². The maximum Gasteiger partial charge on any atom is 0.231 e. The van der Waals surface area contributed by atoms with Crippen LogP contribution in [0.25, 0.3) is 0 Å². The molecule has 0 aliphatic carbocycles. The molecule has 4 heteroatoms. The Morgan fingerprint density at radius 3 is 3.00 bits per heavy atom. The van der Waals surface area contributed by atoms with Crippen LogP contribution in [0.15, 0.2) is 18.2 Å². The highest BCUT2D eigenvalue weighted by atomic mass is 16.7. The first kappa shape index (κ1) is 14.7. The standard InChI is InChI=1S/C17H25NO3/c1-2-5-14-6-3-4-9-18(14)11-15(19)13-7-8-16-17(10-13)21-12-20-16/h7-8,10,14-15,19H,2-6,9,11-12H2,1H3. The van der Waals surface area contributed by atoms with Crippen LogP contribution in [0.2, 0.25) is 0 Å². The predicted molar refractivity (Wildman–Crippen MR) is 81.6 cm³/mol. The number of ether oxygens (including phenoxy) is 2. The van der Waals surface area contributed by atoms with E-state index in [2.05, 4.69) is 11.8 Å². The lowest BCUT2D eigenvalue weighted by Crippen LogP contribution is -2.41. The van der Waals surface area contributed by atoms with Crippen molar-refractivity contribution in [2.45, 2.75) is 51.2 Å². The number of hydrogen-bond acceptors (Lipinski definition) is 4. The summed E-state index contributed by atoms with van der Waals surface area (Å²) in [6.45, 7) is 4.33. The van der Waals surface area contributed by atoms with Gasteiger partial charge in [0.1, 0.15) is 0 Å². The molecular weight excluding hydrogens is 266 g/mol. The largest absolute Gasteiger partial charge is 0.454 e. The summed E-state index contributed by atoms with van der Waals surface area (Å²) in [5.41, 5.74) is 0.917. The van der Waals surface area contributed by atoms with Crippen LogP contribution >= 0.6 is 0 Å². The number of fused-ring (bicyclic) bond motifs is 1. The number of benzene rings is 1. The number of hydrogen-bond donors (Lipinski definition) is 1. The number of piperidine rings is 1. The molecule has 1 aromatic carbocycles. The van der Waals surface area contributed by atoms with Crippen molar-refractivity contribution in [1.29, 1.82) is 0 Å². The van der Waals surface area contributed by atoms with Gasteiger partial charge in [0.05, 0.1) is 6.10 Å². The zero-order valence-electron chi connectivity index (χ0n) is 12.8. The molecule has 2 atom stereocenters. The average Bonchev–Trinajstić information content (AvgIpc) is 2.97. The molecular formula is C17H25NO3. The van der Waals surface area contributed by atoms with Gasteiger partial charge in [-0.05, 0) is 43.5 Å². The van der Waals surface area contributed by atoms with Crippen molar-refractivity contribution >= 4 is 0 Å². The van der Waals surface area contributed by atoms with Crippen LogP contribution in [-0.2, 0) is 0 Å². The maximum absolute atomic E-state index is 10.6. The van der Waals surface area contributed by atoms with Crippen molar-refractivity contribution in [3.63, 3.8) is 0 Å². The molecule has 21 heavy (non-hydrogen) atoms. The zero-order chi connectivity index (χ0) is 14.7. The van der Waals surface area contributed by atoms with E-state index in [1.165, 1.54) is 32.1 Å². The molecule has 2 unspecified atom stereocenters. The van der Waals surface area contributed by atoms with Crippen LogP contribution in [0.4, 0.5) is 0 Å². The molecule has 2 aliphatic heterocycles. The second-order valence-electron chi connectivity index (χ2n) is 6.06. The summed E-state index contributed by atoms with van der Waals surface area (Å²) in [5, 5.41) is 10.6. The molecule has 3 rings (SSSR count). The number of nitrogens with zero attached hydrogens (tertiary/aromatic N) is 1. The van der Waals surface area contributed by atoms with E-state index in [-0.39, 0.29) is 6.79 Å². The third-order valence-electron chi connectivity index (χ3n) is 4.56. The van der Waals surface area contributed by atoms with Crippen LogP contribution in [0.3, 0.4) is 0 Å². The summed E-state index contributed by atoms with van der Waals surface area (Å²) in [5.74, 6) is 1.52. The summed E-state index contributed by atoms with van der Waals surface area (Å²) in [7, 11) is 0. The monoisotopic (exact) mass is 291 g/mol. The van der Waals surface area contributed by atoms with Crippen molar-refractivity contribution in [3.05, 3.63) is 23.8 Å². The number of aliphatic hydroxyl groups excluding tert-OH is 1. The summed E-state index contributed by atoms with van der Waals surface area (Å²) in [6, 6.07) is 6.37. The topological polar surface area (TPSA) is 41.9 Å². The lowest BCUT2D eigenvalue weighted by Gasteiger charge is -2.37. The van der Waals surface area contributed by atoms with E-state index in [1.807, 2.05) is 18.2 Å². The molecule has 1 N–H and O–H groups in total. The molecule has 1 saturated heterocycles. The SMILES string of the molecule is CCCC1CCCCN1CC(O)c1ccc2c(c1)OCO2. The first-order chi connectivity index (χ1) is 10.3. The molecule has 0 radical (unpaired) electrons. The van der Waals surface area contributed by atoms with E-state index in [0.717, 1.165) is 23.6 Å². The molecule has 0 amide bonds. The molecule has 0 aromatic heterocycles. The number of rotatable bonds is 5. The number of aliphatic hydroxyl groups is 1. The number of likely N-dealkylation sites (tertiary alicyclic amines) is 1. The Balaban J connectivity index is 1.65. The smallest absolute Gasteiger partial charge is 0.231 e. The molecule has 2 heterocycles. The third kappa shape index (κ3) is 3.33. The van der Waals surface area contributed by atoms with E-state index in [1.54, 1.807) is 0 Å². The zero-order valence-corrected chi connectivity index (χ0v) is 12.8. The lowest BCUT2D eigenvalue weighted by molar-refractivity contribution is 0.0634. The van der Waals surface area contributed by atoms with Gasteiger partial charge in [-0.15, -0.1) is 0 Å². The fourth-order valence-electron chi connectivity index (χ4n) is 3.41. The van der Waals surface area contributed by atoms with Gasteiger partial charge >= 0.3 is 0 Å². The van der Waals surface area contributed by atoms with Crippen molar-refractivity contribution < 1.29 is 14.6 Å². The minimum absolute atomic E-state index is 0.277. The highest BCUT2D eigenvalue weighted by Gasteiger charge is 2.25. The second-order valence-corrected chi connectivity index (χ2v) is 6.06. The van der Waals surface area contributed by atoms with Crippen LogP contribution in [0.5, 0.6) is 11.5 Å². The predicted octanol–water partition coefficient (Wildman–Crippen LogP) is 3.10. The van der Waals surface area contributed by atoms with Crippen LogP contribution in [0.1, 0.15) is 50.7 Å². The third-order valence-corrected chi connectivity index (χ3v) is 4.56. The first-order valence-electron chi connectivity index (χ1n) is 8.09. The van der Waals surface area contributed by atoms with Crippen molar-refractivity contribution in [3.8, 4) is 11.5 Å². The molecule has 1 aromatic rings. The Kier molecular flexibility index (Phi) is 4.66. The molecule has 0 bridgehead atoms. The minimum atomic E-state index is -0.461. The van der Waals surface area contributed by atoms with Gasteiger partial charge in [0, 0.05) is 12.6 Å². The average molecular weight is 291 g/mol. The van der Waals surface area contributed by atoms with Crippen LogP contribution in [0, 0.1) is 0 Å². The molecule has 2 aliphatic rings. The Hall–Kier alpha value is -1.26. The van der Waals surface area contributed by atoms with Crippen LogP contribution < -0.4 is 9.47 Å². The van der Waals surface area contributed by atoms with E-state index in [4.69, 9.17) is 9.47 Å². The molecule has 0 saturated carbocycles.